The number of anilines is 1. The van der Waals surface area contributed by atoms with Gasteiger partial charge < -0.3 is 10.6 Å². The van der Waals surface area contributed by atoms with E-state index in [4.69, 9.17) is 0 Å². The second-order valence-electron chi connectivity index (χ2n) is 6.09. The summed E-state index contributed by atoms with van der Waals surface area (Å²) in [5, 5.41) is 8.47. The van der Waals surface area contributed by atoms with Crippen molar-refractivity contribution in [3.8, 4) is 0 Å². The van der Waals surface area contributed by atoms with Crippen molar-refractivity contribution in [3.05, 3.63) is 38.9 Å². The average molecular weight is 336 g/mol. The molecule has 0 fully saturated rings. The lowest BCUT2D eigenvalue weighted by molar-refractivity contribution is -0.123. The fourth-order valence-corrected chi connectivity index (χ4v) is 3.36. The maximum absolute atomic E-state index is 12.2. The van der Waals surface area contributed by atoms with E-state index < -0.39 is 5.41 Å². The van der Waals surface area contributed by atoms with Crippen molar-refractivity contribution < 1.29 is 9.59 Å². The Morgan fingerprint density at radius 2 is 2.00 bits per heavy atom. The van der Waals surface area contributed by atoms with E-state index in [2.05, 4.69) is 10.6 Å². The Hall–Kier alpha value is -1.66. The SMILES string of the molecule is Cc1cc(NC(=O)C(C)(C)C)sc1C(=O)NCc1cccs1. The smallest absolute Gasteiger partial charge is 0.261 e. The van der Waals surface area contributed by atoms with Crippen LogP contribution in [0, 0.1) is 12.3 Å². The van der Waals surface area contributed by atoms with Gasteiger partial charge in [-0.05, 0) is 30.0 Å². The molecule has 0 saturated heterocycles. The van der Waals surface area contributed by atoms with Crippen LogP contribution in [-0.4, -0.2) is 11.8 Å². The highest BCUT2D eigenvalue weighted by atomic mass is 32.1. The molecule has 6 heteroatoms. The fraction of sp³-hybridized carbons (Fsp3) is 0.375. The van der Waals surface area contributed by atoms with Crippen LogP contribution in [0.15, 0.2) is 23.6 Å². The summed E-state index contributed by atoms with van der Waals surface area (Å²) >= 11 is 2.92. The van der Waals surface area contributed by atoms with Crippen LogP contribution in [0.1, 0.15) is 40.9 Å². The van der Waals surface area contributed by atoms with Crippen molar-refractivity contribution in [1.82, 2.24) is 5.32 Å². The van der Waals surface area contributed by atoms with Crippen molar-refractivity contribution in [2.24, 2.45) is 5.41 Å². The Balaban J connectivity index is 2.02. The number of hydrogen-bond acceptors (Lipinski definition) is 4. The van der Waals surface area contributed by atoms with E-state index in [9.17, 15) is 9.59 Å². The van der Waals surface area contributed by atoms with Gasteiger partial charge in [0.2, 0.25) is 5.91 Å². The molecule has 2 N–H and O–H groups in total. The normalized spacial score (nSPS) is 11.3. The molecule has 4 nitrogen and oxygen atoms in total. The largest absolute Gasteiger partial charge is 0.346 e. The first-order valence-corrected chi connectivity index (χ1v) is 8.69. The molecule has 0 radical (unpaired) electrons. The number of thiophene rings is 2. The van der Waals surface area contributed by atoms with Crippen molar-refractivity contribution >= 4 is 39.5 Å². The zero-order valence-electron chi connectivity index (χ0n) is 13.1. The van der Waals surface area contributed by atoms with E-state index in [1.807, 2.05) is 51.3 Å². The van der Waals surface area contributed by atoms with Gasteiger partial charge in [-0.25, -0.2) is 0 Å². The lowest BCUT2D eigenvalue weighted by Crippen LogP contribution is -2.27. The molecule has 2 aromatic heterocycles. The molecule has 2 amide bonds. The zero-order valence-corrected chi connectivity index (χ0v) is 14.8. The van der Waals surface area contributed by atoms with Gasteiger partial charge in [0, 0.05) is 10.3 Å². The van der Waals surface area contributed by atoms with E-state index >= 15 is 0 Å². The maximum Gasteiger partial charge on any atom is 0.261 e. The molecule has 0 aliphatic rings. The van der Waals surface area contributed by atoms with Crippen LogP contribution in [0.25, 0.3) is 0 Å². The van der Waals surface area contributed by atoms with Gasteiger partial charge >= 0.3 is 0 Å². The second kappa shape index (κ2) is 6.62. The molecular formula is C16H20N2O2S2. The topological polar surface area (TPSA) is 58.2 Å². The minimum atomic E-state index is -0.459. The molecule has 0 aromatic carbocycles. The Morgan fingerprint density at radius 3 is 2.59 bits per heavy atom. The number of amides is 2. The third-order valence-electron chi connectivity index (χ3n) is 3.05. The summed E-state index contributed by atoms with van der Waals surface area (Å²) in [6.07, 6.45) is 0. The Labute approximate surface area is 138 Å². The molecule has 0 bridgehead atoms. The summed E-state index contributed by atoms with van der Waals surface area (Å²) in [5.41, 5.74) is 0.414. The van der Waals surface area contributed by atoms with E-state index in [1.165, 1.54) is 11.3 Å². The van der Waals surface area contributed by atoms with Crippen molar-refractivity contribution in [3.63, 3.8) is 0 Å². The van der Waals surface area contributed by atoms with E-state index in [0.29, 0.717) is 16.4 Å². The van der Waals surface area contributed by atoms with Crippen molar-refractivity contribution in [2.45, 2.75) is 34.2 Å². The Kier molecular flexibility index (Phi) is 5.03. The van der Waals surface area contributed by atoms with Crippen LogP contribution in [0.4, 0.5) is 5.00 Å². The second-order valence-corrected chi connectivity index (χ2v) is 8.17. The van der Waals surface area contributed by atoms with E-state index in [-0.39, 0.29) is 11.8 Å². The van der Waals surface area contributed by atoms with Gasteiger partial charge in [-0.3, -0.25) is 9.59 Å². The van der Waals surface area contributed by atoms with E-state index in [0.717, 1.165) is 10.4 Å². The molecule has 0 spiro atoms. The monoisotopic (exact) mass is 336 g/mol. The number of carbonyl (C=O) groups is 2. The average Bonchev–Trinajstić information content (AvgIpc) is 3.04. The highest BCUT2D eigenvalue weighted by molar-refractivity contribution is 7.18. The first-order chi connectivity index (χ1) is 10.3. The molecule has 2 rings (SSSR count). The summed E-state index contributed by atoms with van der Waals surface area (Å²) in [6, 6.07) is 5.79. The van der Waals surface area contributed by atoms with Gasteiger partial charge in [-0.2, -0.15) is 0 Å². The lowest BCUT2D eigenvalue weighted by atomic mass is 9.96. The van der Waals surface area contributed by atoms with Crippen molar-refractivity contribution in [2.75, 3.05) is 5.32 Å². The first kappa shape index (κ1) is 16.7. The summed E-state index contributed by atoms with van der Waals surface area (Å²) in [7, 11) is 0. The predicted molar refractivity (Wildman–Crippen MR) is 92.6 cm³/mol. The fourth-order valence-electron chi connectivity index (χ4n) is 1.73. The molecule has 118 valence electrons. The molecule has 0 saturated carbocycles. The van der Waals surface area contributed by atoms with Crippen molar-refractivity contribution in [1.29, 1.82) is 0 Å². The first-order valence-electron chi connectivity index (χ1n) is 7.00. The summed E-state index contributed by atoms with van der Waals surface area (Å²) in [4.78, 5) is 26.0. The van der Waals surface area contributed by atoms with E-state index in [1.54, 1.807) is 11.3 Å². The molecular weight excluding hydrogens is 316 g/mol. The zero-order chi connectivity index (χ0) is 16.3. The van der Waals surface area contributed by atoms with Crippen LogP contribution in [0.3, 0.4) is 0 Å². The molecule has 0 unspecified atom stereocenters. The van der Waals surface area contributed by atoms with Gasteiger partial charge in [0.15, 0.2) is 0 Å². The summed E-state index contributed by atoms with van der Waals surface area (Å²) < 4.78 is 0. The van der Waals surface area contributed by atoms with Gasteiger partial charge in [0.25, 0.3) is 5.91 Å². The highest BCUT2D eigenvalue weighted by Gasteiger charge is 2.23. The van der Waals surface area contributed by atoms with Gasteiger partial charge in [-0.1, -0.05) is 26.8 Å². The standard InChI is InChI=1S/C16H20N2O2S2/c1-10-8-12(18-15(20)16(2,3)4)22-13(10)14(19)17-9-11-6-5-7-21-11/h5-8H,9H2,1-4H3,(H,17,19)(H,18,20). The number of rotatable bonds is 4. The van der Waals surface area contributed by atoms with Crippen LogP contribution in [0.2, 0.25) is 0 Å². The lowest BCUT2D eigenvalue weighted by Gasteiger charge is -2.16. The molecule has 0 aliphatic carbocycles. The number of nitrogens with one attached hydrogen (secondary N) is 2. The third kappa shape index (κ3) is 4.18. The third-order valence-corrected chi connectivity index (χ3v) is 5.07. The molecule has 2 aromatic rings. The maximum atomic E-state index is 12.2. The number of carbonyl (C=O) groups excluding carboxylic acids is 2. The minimum Gasteiger partial charge on any atom is -0.346 e. The molecule has 0 atom stereocenters. The van der Waals surface area contributed by atoms with Gasteiger partial charge in [0.1, 0.15) is 0 Å². The number of aryl methyl sites for hydroxylation is 1. The Bertz CT molecular complexity index is 667. The summed E-state index contributed by atoms with van der Waals surface area (Å²) in [6.45, 7) is 7.98. The van der Waals surface area contributed by atoms with Crippen LogP contribution < -0.4 is 10.6 Å². The van der Waals surface area contributed by atoms with Crippen LogP contribution >= 0.6 is 22.7 Å². The Morgan fingerprint density at radius 1 is 1.27 bits per heavy atom. The highest BCUT2D eigenvalue weighted by Crippen LogP contribution is 2.28. The molecule has 2 heterocycles. The predicted octanol–water partition coefficient (Wildman–Crippen LogP) is 4.03. The van der Waals surface area contributed by atoms with Gasteiger partial charge in [0.05, 0.1) is 16.4 Å². The van der Waals surface area contributed by atoms with Crippen LogP contribution in [0.5, 0.6) is 0 Å². The molecule has 22 heavy (non-hydrogen) atoms. The van der Waals surface area contributed by atoms with Crippen LogP contribution in [-0.2, 0) is 11.3 Å². The quantitative estimate of drug-likeness (QED) is 0.885. The number of hydrogen-bond donors (Lipinski definition) is 2. The molecule has 0 aliphatic heterocycles. The summed E-state index contributed by atoms with van der Waals surface area (Å²) in [5.74, 6) is -0.161. The van der Waals surface area contributed by atoms with Gasteiger partial charge in [-0.15, -0.1) is 22.7 Å². The minimum absolute atomic E-state index is 0.0562.